The molecule has 0 spiro atoms. The Kier molecular flexibility index (Phi) is 6.90. The van der Waals surface area contributed by atoms with Crippen molar-refractivity contribution in [3.63, 3.8) is 0 Å². The highest BCUT2D eigenvalue weighted by atomic mass is 35.5. The summed E-state index contributed by atoms with van der Waals surface area (Å²) in [5.41, 5.74) is 8.43. The lowest BCUT2D eigenvalue weighted by molar-refractivity contribution is -0.135. The van der Waals surface area contributed by atoms with E-state index < -0.39 is 0 Å². The molecule has 1 atom stereocenters. The minimum absolute atomic E-state index is 0. The number of hydrogen-bond donors (Lipinski definition) is 1. The molecule has 0 aliphatic carbocycles. The summed E-state index contributed by atoms with van der Waals surface area (Å²) in [6, 6.07) is 6.26. The van der Waals surface area contributed by atoms with Gasteiger partial charge in [0, 0.05) is 19.1 Å². The van der Waals surface area contributed by atoms with E-state index in [4.69, 9.17) is 10.5 Å². The molecule has 1 fully saturated rings. The number of aryl methyl sites for hydroxylation is 2. The monoisotopic (exact) mass is 340 g/mol. The summed E-state index contributed by atoms with van der Waals surface area (Å²) in [5.74, 6) is 1.02. The minimum Gasteiger partial charge on any atom is -0.493 e. The Balaban J connectivity index is 0.00000264. The minimum atomic E-state index is -0.0116. The molecule has 1 aliphatic rings. The van der Waals surface area contributed by atoms with Crippen molar-refractivity contribution in [2.24, 2.45) is 11.1 Å². The van der Waals surface area contributed by atoms with Crippen LogP contribution in [0.3, 0.4) is 0 Å². The molecule has 1 aromatic carbocycles. The number of nitrogens with zero attached hydrogens (tertiary/aromatic N) is 1. The van der Waals surface area contributed by atoms with Crippen molar-refractivity contribution in [3.05, 3.63) is 29.3 Å². The smallest absolute Gasteiger partial charge is 0.226 e. The van der Waals surface area contributed by atoms with Gasteiger partial charge in [-0.2, -0.15) is 0 Å². The van der Waals surface area contributed by atoms with Crippen LogP contribution in [0, 0.1) is 19.3 Å². The molecule has 1 unspecified atom stereocenters. The number of benzene rings is 1. The highest BCUT2D eigenvalue weighted by molar-refractivity contribution is 5.85. The predicted molar refractivity (Wildman–Crippen MR) is 96.2 cm³/mol. The average molecular weight is 341 g/mol. The molecule has 0 aromatic heterocycles. The van der Waals surface area contributed by atoms with Crippen LogP contribution >= 0.6 is 12.4 Å². The lowest BCUT2D eigenvalue weighted by atomic mass is 9.79. The van der Waals surface area contributed by atoms with E-state index in [1.54, 1.807) is 0 Å². The van der Waals surface area contributed by atoms with E-state index in [9.17, 15) is 4.79 Å². The Morgan fingerprint density at radius 2 is 2.09 bits per heavy atom. The van der Waals surface area contributed by atoms with Crippen LogP contribution in [0.4, 0.5) is 0 Å². The Hall–Kier alpha value is -1.26. The molecule has 4 nitrogen and oxygen atoms in total. The van der Waals surface area contributed by atoms with Crippen LogP contribution in [0.5, 0.6) is 5.75 Å². The van der Waals surface area contributed by atoms with Crippen LogP contribution in [0.1, 0.15) is 37.8 Å². The van der Waals surface area contributed by atoms with Crippen LogP contribution in [0.25, 0.3) is 0 Å². The van der Waals surface area contributed by atoms with Gasteiger partial charge in [-0.3, -0.25) is 4.79 Å². The van der Waals surface area contributed by atoms with E-state index in [0.717, 1.165) is 30.8 Å². The van der Waals surface area contributed by atoms with Crippen LogP contribution in [-0.2, 0) is 4.79 Å². The molecular weight excluding hydrogens is 312 g/mol. The quantitative estimate of drug-likeness (QED) is 0.916. The van der Waals surface area contributed by atoms with Crippen LogP contribution in [0.15, 0.2) is 18.2 Å². The maximum atomic E-state index is 12.3. The second-order valence-electron chi connectivity index (χ2n) is 7.07. The Labute approximate surface area is 145 Å². The van der Waals surface area contributed by atoms with Gasteiger partial charge >= 0.3 is 0 Å². The second kappa shape index (κ2) is 8.02. The molecule has 5 heteroatoms. The van der Waals surface area contributed by atoms with Crippen molar-refractivity contribution < 1.29 is 9.53 Å². The third-order valence-electron chi connectivity index (χ3n) is 4.57. The fourth-order valence-corrected chi connectivity index (χ4v) is 2.95. The van der Waals surface area contributed by atoms with Gasteiger partial charge in [0.1, 0.15) is 5.75 Å². The van der Waals surface area contributed by atoms with Crippen molar-refractivity contribution in [3.8, 4) is 5.75 Å². The summed E-state index contributed by atoms with van der Waals surface area (Å²) >= 11 is 0. The Morgan fingerprint density at radius 1 is 1.39 bits per heavy atom. The summed E-state index contributed by atoms with van der Waals surface area (Å²) in [7, 11) is 0. The van der Waals surface area contributed by atoms with Gasteiger partial charge in [-0.05, 0) is 37.3 Å². The van der Waals surface area contributed by atoms with Crippen molar-refractivity contribution in [2.75, 3.05) is 19.7 Å². The van der Waals surface area contributed by atoms with Crippen molar-refractivity contribution >= 4 is 18.3 Å². The standard InChI is InChI=1S/C18H28N2O2.ClH/c1-13-5-6-15(14(2)11-13)22-10-8-17(21)20-9-7-16(19)18(3,4)12-20;/h5-6,11,16H,7-10,12,19H2,1-4H3;1H. The second-order valence-corrected chi connectivity index (χ2v) is 7.07. The summed E-state index contributed by atoms with van der Waals surface area (Å²) in [6.07, 6.45) is 1.29. The highest BCUT2D eigenvalue weighted by Gasteiger charge is 2.35. The number of hydrogen-bond acceptors (Lipinski definition) is 3. The van der Waals surface area contributed by atoms with Gasteiger partial charge in [0.05, 0.1) is 13.0 Å². The van der Waals surface area contributed by atoms with Gasteiger partial charge in [0.25, 0.3) is 0 Å². The van der Waals surface area contributed by atoms with Gasteiger partial charge in [-0.15, -0.1) is 12.4 Å². The fraction of sp³-hybridized carbons (Fsp3) is 0.611. The highest BCUT2D eigenvalue weighted by Crippen LogP contribution is 2.28. The van der Waals surface area contributed by atoms with Crippen molar-refractivity contribution in [1.82, 2.24) is 4.90 Å². The summed E-state index contributed by atoms with van der Waals surface area (Å²) < 4.78 is 5.75. The van der Waals surface area contributed by atoms with E-state index >= 15 is 0 Å². The third-order valence-corrected chi connectivity index (χ3v) is 4.57. The Morgan fingerprint density at radius 3 is 2.70 bits per heavy atom. The average Bonchev–Trinajstić information content (AvgIpc) is 2.44. The fourth-order valence-electron chi connectivity index (χ4n) is 2.95. The van der Waals surface area contributed by atoms with Crippen molar-refractivity contribution in [1.29, 1.82) is 0 Å². The molecule has 2 N–H and O–H groups in total. The third kappa shape index (κ3) is 5.11. The molecule has 1 aromatic rings. The van der Waals surface area contributed by atoms with E-state index in [0.29, 0.717) is 13.0 Å². The molecule has 130 valence electrons. The molecule has 1 heterocycles. The van der Waals surface area contributed by atoms with Crippen LogP contribution in [0.2, 0.25) is 0 Å². The number of nitrogens with two attached hydrogens (primary N) is 1. The van der Waals surface area contributed by atoms with E-state index in [2.05, 4.69) is 26.8 Å². The summed E-state index contributed by atoms with van der Waals surface area (Å²) in [4.78, 5) is 14.3. The Bertz CT molecular complexity index is 546. The lowest BCUT2D eigenvalue weighted by Gasteiger charge is -2.42. The largest absolute Gasteiger partial charge is 0.493 e. The first kappa shape index (κ1) is 19.8. The SMILES string of the molecule is Cc1ccc(OCCC(=O)N2CCC(N)C(C)(C)C2)c(C)c1.Cl. The number of piperidine rings is 1. The molecule has 1 saturated heterocycles. The molecule has 0 bridgehead atoms. The number of ether oxygens (including phenoxy) is 1. The molecule has 23 heavy (non-hydrogen) atoms. The normalized spacial score (nSPS) is 19.9. The summed E-state index contributed by atoms with van der Waals surface area (Å²) in [6.45, 7) is 10.3. The van der Waals surface area contributed by atoms with E-state index in [1.807, 2.05) is 24.0 Å². The van der Waals surface area contributed by atoms with Gasteiger partial charge in [0.15, 0.2) is 0 Å². The predicted octanol–water partition coefficient (Wildman–Crippen LogP) is 3.08. The number of amides is 1. The van der Waals surface area contributed by atoms with Gasteiger partial charge in [-0.1, -0.05) is 31.5 Å². The molecule has 0 radical (unpaired) electrons. The zero-order chi connectivity index (χ0) is 16.3. The lowest BCUT2D eigenvalue weighted by Crippen LogP contribution is -2.54. The molecule has 2 rings (SSSR count). The number of carbonyl (C=O) groups excluding carboxylic acids is 1. The molecule has 1 amide bonds. The maximum absolute atomic E-state index is 12.3. The van der Waals surface area contributed by atoms with Crippen molar-refractivity contribution in [2.45, 2.75) is 46.6 Å². The molecular formula is C18H29ClN2O2. The number of carbonyl (C=O) groups is 1. The molecule has 1 aliphatic heterocycles. The number of rotatable bonds is 4. The number of likely N-dealkylation sites (tertiary alicyclic amines) is 1. The topological polar surface area (TPSA) is 55.6 Å². The van der Waals surface area contributed by atoms with Gasteiger partial charge < -0.3 is 15.4 Å². The van der Waals surface area contributed by atoms with Gasteiger partial charge in [-0.25, -0.2) is 0 Å². The molecule has 0 saturated carbocycles. The maximum Gasteiger partial charge on any atom is 0.226 e. The first-order valence-corrected chi connectivity index (χ1v) is 8.03. The first-order valence-electron chi connectivity index (χ1n) is 8.03. The van der Waals surface area contributed by atoms with E-state index in [-0.39, 0.29) is 29.8 Å². The van der Waals surface area contributed by atoms with E-state index in [1.165, 1.54) is 5.56 Å². The summed E-state index contributed by atoms with van der Waals surface area (Å²) in [5, 5.41) is 0. The van der Waals surface area contributed by atoms with Crippen LogP contribution < -0.4 is 10.5 Å². The first-order chi connectivity index (χ1) is 10.3. The number of halogens is 1. The zero-order valence-electron chi connectivity index (χ0n) is 14.6. The van der Waals surface area contributed by atoms with Gasteiger partial charge in [0.2, 0.25) is 5.91 Å². The van der Waals surface area contributed by atoms with Crippen LogP contribution in [-0.4, -0.2) is 36.5 Å². The zero-order valence-corrected chi connectivity index (χ0v) is 15.4.